The van der Waals surface area contributed by atoms with E-state index in [1.807, 2.05) is 38.1 Å². The second kappa shape index (κ2) is 4.68. The molecule has 1 N–H and O–H groups in total. The lowest BCUT2D eigenvalue weighted by Gasteiger charge is -2.05. The van der Waals surface area contributed by atoms with Crippen LogP contribution in [0.1, 0.15) is 12.5 Å². The number of aryl methyl sites for hydroxylation is 1. The summed E-state index contributed by atoms with van der Waals surface area (Å²) in [4.78, 5) is 8.38. The van der Waals surface area contributed by atoms with Crippen LogP contribution in [0.2, 0.25) is 0 Å². The Balaban J connectivity index is 2.27. The van der Waals surface area contributed by atoms with Gasteiger partial charge in [0.15, 0.2) is 0 Å². The van der Waals surface area contributed by atoms with E-state index in [0.29, 0.717) is 5.71 Å². The summed E-state index contributed by atoms with van der Waals surface area (Å²) in [7, 11) is 0. The van der Waals surface area contributed by atoms with Gasteiger partial charge >= 0.3 is 0 Å². The van der Waals surface area contributed by atoms with Gasteiger partial charge in [0.2, 0.25) is 0 Å². The number of hydrogen-bond donors (Lipinski definition) is 1. The van der Waals surface area contributed by atoms with Crippen LogP contribution in [0.25, 0.3) is 22.4 Å². The first-order chi connectivity index (χ1) is 9.31. The molecule has 0 aliphatic carbocycles. The van der Waals surface area contributed by atoms with E-state index in [0.717, 1.165) is 34.6 Å². The van der Waals surface area contributed by atoms with Crippen molar-refractivity contribution < 1.29 is 4.52 Å². The van der Waals surface area contributed by atoms with E-state index in [9.17, 15) is 0 Å². The van der Waals surface area contributed by atoms with Gasteiger partial charge in [-0.15, -0.1) is 0 Å². The molecule has 0 radical (unpaired) electrons. The zero-order chi connectivity index (χ0) is 13.2. The molecule has 0 amide bonds. The molecule has 0 spiro atoms. The van der Waals surface area contributed by atoms with Crippen molar-refractivity contribution in [2.45, 2.75) is 13.8 Å². The third-order valence-electron chi connectivity index (χ3n) is 3.02. The third-order valence-corrected chi connectivity index (χ3v) is 3.02. The van der Waals surface area contributed by atoms with Crippen LogP contribution in [0, 0.1) is 6.92 Å². The summed E-state index contributed by atoms with van der Waals surface area (Å²) in [5, 5.41) is 8.20. The molecule has 96 valence electrons. The number of fused-ring (bicyclic) bond motifs is 1. The minimum Gasteiger partial charge on any atom is -0.370 e. The first-order valence-electron chi connectivity index (χ1n) is 6.21. The Hall–Kier alpha value is -2.43. The summed E-state index contributed by atoms with van der Waals surface area (Å²) in [6.45, 7) is 4.85. The highest BCUT2D eigenvalue weighted by atomic mass is 16.5. The molecule has 2 aromatic heterocycles. The summed E-state index contributed by atoms with van der Waals surface area (Å²) in [6, 6.07) is 8.06. The number of hydrogen-bond acceptors (Lipinski definition) is 5. The van der Waals surface area contributed by atoms with Crippen molar-refractivity contribution in [3.8, 4) is 11.3 Å². The molecule has 5 nitrogen and oxygen atoms in total. The summed E-state index contributed by atoms with van der Waals surface area (Å²) in [5.41, 5.74) is 3.47. The van der Waals surface area contributed by atoms with Crippen LogP contribution in [0.3, 0.4) is 0 Å². The lowest BCUT2D eigenvalue weighted by Crippen LogP contribution is -2.00. The van der Waals surface area contributed by atoms with Crippen molar-refractivity contribution in [1.29, 1.82) is 0 Å². The highest BCUT2D eigenvalue weighted by molar-refractivity contribution is 5.98. The lowest BCUT2D eigenvalue weighted by atomic mass is 10.0. The van der Waals surface area contributed by atoms with E-state index in [1.54, 1.807) is 0 Å². The Kier molecular flexibility index (Phi) is 2.87. The Morgan fingerprint density at radius 1 is 1.21 bits per heavy atom. The van der Waals surface area contributed by atoms with Gasteiger partial charge in [-0.3, -0.25) is 0 Å². The minimum absolute atomic E-state index is 0.504. The molecular formula is C14H14N4O. The minimum atomic E-state index is 0.504. The zero-order valence-electron chi connectivity index (χ0n) is 10.8. The first-order valence-corrected chi connectivity index (χ1v) is 6.21. The molecule has 0 aliphatic rings. The van der Waals surface area contributed by atoms with Crippen LogP contribution >= 0.6 is 0 Å². The quantitative estimate of drug-likeness (QED) is 0.778. The molecule has 0 saturated carbocycles. The molecule has 0 unspecified atom stereocenters. The molecule has 19 heavy (non-hydrogen) atoms. The monoisotopic (exact) mass is 254 g/mol. The molecule has 0 bridgehead atoms. The predicted molar refractivity (Wildman–Crippen MR) is 73.9 cm³/mol. The fourth-order valence-electron chi connectivity index (χ4n) is 2.11. The standard InChI is InChI=1S/C14H14N4O/c1-3-15-13-11-12(10-7-5-4-6-9(10)2)18-19-14(11)17-8-16-13/h4-8H,3H2,1-2H3,(H,15,16,17). The van der Waals surface area contributed by atoms with Gasteiger partial charge in [-0.1, -0.05) is 29.4 Å². The summed E-state index contributed by atoms with van der Waals surface area (Å²) in [5.74, 6) is 0.756. The highest BCUT2D eigenvalue weighted by Crippen LogP contribution is 2.32. The molecule has 0 aliphatic heterocycles. The number of aromatic nitrogens is 3. The predicted octanol–water partition coefficient (Wildman–Crippen LogP) is 3.03. The lowest BCUT2D eigenvalue weighted by molar-refractivity contribution is 0.451. The van der Waals surface area contributed by atoms with Crippen LogP contribution in [0.15, 0.2) is 35.1 Å². The molecule has 0 saturated heterocycles. The Morgan fingerprint density at radius 2 is 2.05 bits per heavy atom. The van der Waals surface area contributed by atoms with E-state index in [-0.39, 0.29) is 0 Å². The fourth-order valence-corrected chi connectivity index (χ4v) is 2.11. The summed E-state index contributed by atoms with van der Waals surface area (Å²) < 4.78 is 5.30. The molecule has 5 heteroatoms. The van der Waals surface area contributed by atoms with E-state index in [2.05, 4.69) is 20.4 Å². The van der Waals surface area contributed by atoms with Gasteiger partial charge < -0.3 is 9.84 Å². The molecule has 3 rings (SSSR count). The van der Waals surface area contributed by atoms with E-state index < -0.39 is 0 Å². The van der Waals surface area contributed by atoms with E-state index >= 15 is 0 Å². The topological polar surface area (TPSA) is 63.8 Å². The highest BCUT2D eigenvalue weighted by Gasteiger charge is 2.17. The second-order valence-electron chi connectivity index (χ2n) is 4.28. The van der Waals surface area contributed by atoms with Crippen molar-refractivity contribution >= 4 is 16.9 Å². The molecule has 1 aromatic carbocycles. The number of anilines is 1. The number of benzene rings is 1. The van der Waals surface area contributed by atoms with Crippen LogP contribution in [0.5, 0.6) is 0 Å². The number of nitrogens with zero attached hydrogens (tertiary/aromatic N) is 3. The Labute approximate surface area is 110 Å². The van der Waals surface area contributed by atoms with Gasteiger partial charge in [-0.05, 0) is 19.4 Å². The molecular weight excluding hydrogens is 240 g/mol. The van der Waals surface area contributed by atoms with Crippen molar-refractivity contribution in [2.24, 2.45) is 0 Å². The number of rotatable bonds is 3. The van der Waals surface area contributed by atoms with Gasteiger partial charge in [0.25, 0.3) is 5.71 Å². The smallest absolute Gasteiger partial charge is 0.263 e. The van der Waals surface area contributed by atoms with E-state index in [1.165, 1.54) is 6.33 Å². The SMILES string of the molecule is CCNc1ncnc2onc(-c3ccccc3C)c12. The van der Waals surface area contributed by atoms with E-state index in [4.69, 9.17) is 4.52 Å². The molecule has 0 fully saturated rings. The second-order valence-corrected chi connectivity index (χ2v) is 4.28. The molecule has 2 heterocycles. The fraction of sp³-hybridized carbons (Fsp3) is 0.214. The van der Waals surface area contributed by atoms with Crippen LogP contribution < -0.4 is 5.32 Å². The zero-order valence-corrected chi connectivity index (χ0v) is 10.8. The van der Waals surface area contributed by atoms with Gasteiger partial charge in [0.1, 0.15) is 23.2 Å². The normalized spacial score (nSPS) is 10.8. The maximum absolute atomic E-state index is 5.30. The van der Waals surface area contributed by atoms with Gasteiger partial charge in [0, 0.05) is 12.1 Å². The maximum atomic E-state index is 5.30. The van der Waals surface area contributed by atoms with Crippen molar-refractivity contribution in [3.05, 3.63) is 36.2 Å². The summed E-state index contributed by atoms with van der Waals surface area (Å²) >= 11 is 0. The average Bonchev–Trinajstić information content (AvgIpc) is 2.84. The largest absolute Gasteiger partial charge is 0.370 e. The number of nitrogens with one attached hydrogen (secondary N) is 1. The van der Waals surface area contributed by atoms with Crippen LogP contribution in [0.4, 0.5) is 5.82 Å². The Bertz CT molecular complexity index is 720. The van der Waals surface area contributed by atoms with Gasteiger partial charge in [0.05, 0.1) is 0 Å². The van der Waals surface area contributed by atoms with Gasteiger partial charge in [-0.2, -0.15) is 4.98 Å². The van der Waals surface area contributed by atoms with Crippen molar-refractivity contribution in [3.63, 3.8) is 0 Å². The molecule has 0 atom stereocenters. The van der Waals surface area contributed by atoms with Crippen LogP contribution in [-0.2, 0) is 0 Å². The average molecular weight is 254 g/mol. The Morgan fingerprint density at radius 3 is 2.84 bits per heavy atom. The first kappa shape index (κ1) is 11.6. The van der Waals surface area contributed by atoms with Crippen molar-refractivity contribution in [2.75, 3.05) is 11.9 Å². The maximum Gasteiger partial charge on any atom is 0.263 e. The third kappa shape index (κ3) is 1.93. The summed E-state index contributed by atoms with van der Waals surface area (Å²) in [6.07, 6.45) is 1.48. The van der Waals surface area contributed by atoms with Gasteiger partial charge in [-0.25, -0.2) is 4.98 Å². The molecule has 3 aromatic rings. The van der Waals surface area contributed by atoms with Crippen LogP contribution in [-0.4, -0.2) is 21.7 Å². The van der Waals surface area contributed by atoms with Crippen molar-refractivity contribution in [1.82, 2.24) is 15.1 Å².